The van der Waals surface area contributed by atoms with Crippen LogP contribution in [0.25, 0.3) is 0 Å². The molecule has 0 heterocycles. The highest BCUT2D eigenvalue weighted by atomic mass is 19.4. The van der Waals surface area contributed by atoms with E-state index < -0.39 is 12.1 Å². The van der Waals surface area contributed by atoms with Gasteiger partial charge in [-0.05, 0) is 37.5 Å². The van der Waals surface area contributed by atoms with Gasteiger partial charge < -0.3 is 10.6 Å². The number of alkyl halides is 3. The van der Waals surface area contributed by atoms with E-state index in [9.17, 15) is 18.0 Å². The minimum Gasteiger partial charge on any atom is -0.318 e. The van der Waals surface area contributed by atoms with Gasteiger partial charge in [-0.3, -0.25) is 4.79 Å². The van der Waals surface area contributed by atoms with Crippen molar-refractivity contribution in [3.8, 4) is 0 Å². The van der Waals surface area contributed by atoms with Gasteiger partial charge in [0.2, 0.25) is 0 Å². The third-order valence-corrected chi connectivity index (χ3v) is 3.87. The number of anilines is 1. The lowest BCUT2D eigenvalue weighted by Gasteiger charge is -2.25. The number of amides is 1. The van der Waals surface area contributed by atoms with Crippen LogP contribution in [0.2, 0.25) is 0 Å². The van der Waals surface area contributed by atoms with E-state index >= 15 is 0 Å². The Morgan fingerprint density at radius 3 is 2.57 bits per heavy atom. The van der Waals surface area contributed by atoms with E-state index in [-0.39, 0.29) is 11.2 Å². The van der Waals surface area contributed by atoms with Gasteiger partial charge in [-0.1, -0.05) is 25.0 Å². The maximum absolute atomic E-state index is 12.2. The third kappa shape index (κ3) is 4.46. The van der Waals surface area contributed by atoms with E-state index in [0.717, 1.165) is 18.4 Å². The second kappa shape index (κ2) is 6.05. The van der Waals surface area contributed by atoms with Gasteiger partial charge in [-0.15, -0.1) is 0 Å². The predicted octanol–water partition coefficient (Wildman–Crippen LogP) is 3.61. The lowest BCUT2D eigenvalue weighted by Crippen LogP contribution is -2.38. The number of benzene rings is 1. The molecule has 0 spiro atoms. The van der Waals surface area contributed by atoms with Gasteiger partial charge in [-0.2, -0.15) is 13.2 Å². The molecule has 1 saturated carbocycles. The minimum absolute atomic E-state index is 0.102. The number of carbonyl (C=O) groups excluding carboxylic acids is 1. The molecule has 21 heavy (non-hydrogen) atoms. The molecule has 1 aromatic carbocycles. The maximum Gasteiger partial charge on any atom is 0.471 e. The van der Waals surface area contributed by atoms with Crippen LogP contribution in [0.1, 0.15) is 38.2 Å². The summed E-state index contributed by atoms with van der Waals surface area (Å²) in [5.41, 5.74) is 1.11. The molecule has 1 aliphatic carbocycles. The average Bonchev–Trinajstić information content (AvgIpc) is 2.83. The van der Waals surface area contributed by atoms with Crippen molar-refractivity contribution >= 4 is 11.6 Å². The molecule has 0 radical (unpaired) electrons. The van der Waals surface area contributed by atoms with Crippen LogP contribution in [0.4, 0.5) is 18.9 Å². The Hall–Kier alpha value is -1.56. The minimum atomic E-state index is -4.87. The third-order valence-electron chi connectivity index (χ3n) is 3.87. The molecule has 0 aliphatic heterocycles. The van der Waals surface area contributed by atoms with E-state index in [0.29, 0.717) is 6.54 Å². The van der Waals surface area contributed by atoms with E-state index in [1.165, 1.54) is 18.9 Å². The van der Waals surface area contributed by atoms with Crippen molar-refractivity contribution in [1.82, 2.24) is 5.32 Å². The molecule has 6 heteroatoms. The van der Waals surface area contributed by atoms with E-state index in [1.54, 1.807) is 12.1 Å². The van der Waals surface area contributed by atoms with Gasteiger partial charge in [0.25, 0.3) is 0 Å². The van der Waals surface area contributed by atoms with Crippen LogP contribution in [-0.2, 0) is 11.3 Å². The largest absolute Gasteiger partial charge is 0.471 e. The number of carbonyl (C=O) groups is 1. The fraction of sp³-hybridized carbons (Fsp3) is 0.533. The van der Waals surface area contributed by atoms with Gasteiger partial charge in [-0.25, -0.2) is 0 Å². The van der Waals surface area contributed by atoms with Gasteiger partial charge >= 0.3 is 12.1 Å². The van der Waals surface area contributed by atoms with Crippen LogP contribution in [0.3, 0.4) is 0 Å². The second-order valence-electron chi connectivity index (χ2n) is 5.77. The van der Waals surface area contributed by atoms with Crippen molar-refractivity contribution in [2.24, 2.45) is 0 Å². The summed E-state index contributed by atoms with van der Waals surface area (Å²) >= 11 is 0. The summed E-state index contributed by atoms with van der Waals surface area (Å²) in [6.07, 6.45) is -0.253. The predicted molar refractivity (Wildman–Crippen MR) is 74.8 cm³/mol. The molecule has 1 amide bonds. The van der Waals surface area contributed by atoms with Crippen molar-refractivity contribution in [3.05, 3.63) is 29.8 Å². The van der Waals surface area contributed by atoms with Gasteiger partial charge in [0.05, 0.1) is 0 Å². The van der Waals surface area contributed by atoms with Gasteiger partial charge in [0, 0.05) is 17.8 Å². The molecule has 0 aromatic heterocycles. The highest BCUT2D eigenvalue weighted by molar-refractivity contribution is 5.94. The number of hydrogen-bond donors (Lipinski definition) is 2. The van der Waals surface area contributed by atoms with Crippen LogP contribution in [0.5, 0.6) is 0 Å². The smallest absolute Gasteiger partial charge is 0.318 e. The van der Waals surface area contributed by atoms with Crippen LogP contribution < -0.4 is 10.6 Å². The molecule has 1 aliphatic rings. The topological polar surface area (TPSA) is 41.1 Å². The molecule has 2 rings (SSSR count). The standard InChI is InChI=1S/C15H19F3N2O/c1-14(7-2-3-8-14)19-10-11-5-4-6-12(9-11)20-13(21)15(16,17)18/h4-6,9,19H,2-3,7-8,10H2,1H3,(H,20,21). The number of hydrogen-bond acceptors (Lipinski definition) is 2. The first-order valence-electron chi connectivity index (χ1n) is 7.01. The van der Waals surface area contributed by atoms with E-state index in [4.69, 9.17) is 0 Å². The molecular formula is C15H19F3N2O. The molecule has 1 fully saturated rings. The molecule has 116 valence electrons. The Labute approximate surface area is 121 Å². The zero-order valence-electron chi connectivity index (χ0n) is 11.9. The highest BCUT2D eigenvalue weighted by Crippen LogP contribution is 2.29. The number of halogens is 3. The summed E-state index contributed by atoms with van der Waals surface area (Å²) < 4.78 is 36.6. The summed E-state index contributed by atoms with van der Waals surface area (Å²) in [5.74, 6) is -1.95. The Morgan fingerprint density at radius 1 is 1.29 bits per heavy atom. The van der Waals surface area contributed by atoms with Gasteiger partial charge in [0.1, 0.15) is 0 Å². The SMILES string of the molecule is CC1(NCc2cccc(NC(=O)C(F)(F)F)c2)CCCC1. The van der Waals surface area contributed by atoms with Crippen molar-refractivity contribution in [1.29, 1.82) is 0 Å². The normalized spacial score (nSPS) is 17.7. The first-order chi connectivity index (χ1) is 9.78. The monoisotopic (exact) mass is 300 g/mol. The number of nitrogens with one attached hydrogen (secondary N) is 2. The van der Waals surface area contributed by atoms with E-state index in [1.807, 2.05) is 11.4 Å². The summed E-state index contributed by atoms with van der Waals surface area (Å²) in [6, 6.07) is 6.48. The fourth-order valence-corrected chi connectivity index (χ4v) is 2.61. The van der Waals surface area contributed by atoms with Crippen LogP contribution in [-0.4, -0.2) is 17.6 Å². The van der Waals surface area contributed by atoms with Crippen LogP contribution >= 0.6 is 0 Å². The summed E-state index contributed by atoms with van der Waals surface area (Å²) in [7, 11) is 0. The summed E-state index contributed by atoms with van der Waals surface area (Å²) in [6.45, 7) is 2.74. The maximum atomic E-state index is 12.2. The average molecular weight is 300 g/mol. The van der Waals surface area contributed by atoms with Crippen LogP contribution in [0.15, 0.2) is 24.3 Å². The molecule has 3 nitrogen and oxygen atoms in total. The lowest BCUT2D eigenvalue weighted by molar-refractivity contribution is -0.167. The summed E-state index contributed by atoms with van der Waals surface area (Å²) in [4.78, 5) is 10.9. The quantitative estimate of drug-likeness (QED) is 0.892. The van der Waals surface area contributed by atoms with Crippen molar-refractivity contribution in [2.75, 3.05) is 5.32 Å². The summed E-state index contributed by atoms with van der Waals surface area (Å²) in [5, 5.41) is 5.32. The highest BCUT2D eigenvalue weighted by Gasteiger charge is 2.38. The lowest BCUT2D eigenvalue weighted by atomic mass is 10.0. The van der Waals surface area contributed by atoms with Crippen LogP contribution in [0, 0.1) is 0 Å². The van der Waals surface area contributed by atoms with Crippen molar-refractivity contribution < 1.29 is 18.0 Å². The Balaban J connectivity index is 1.96. The van der Waals surface area contributed by atoms with Crippen molar-refractivity contribution in [2.45, 2.75) is 50.9 Å². The van der Waals surface area contributed by atoms with E-state index in [2.05, 4.69) is 12.2 Å². The zero-order valence-corrected chi connectivity index (χ0v) is 11.9. The Bertz CT molecular complexity index is 508. The first kappa shape index (κ1) is 15.8. The second-order valence-corrected chi connectivity index (χ2v) is 5.77. The Kier molecular flexibility index (Phi) is 4.56. The zero-order chi connectivity index (χ0) is 15.5. The Morgan fingerprint density at radius 2 is 1.95 bits per heavy atom. The molecule has 0 atom stereocenters. The molecule has 0 unspecified atom stereocenters. The molecule has 2 N–H and O–H groups in total. The number of rotatable bonds is 4. The first-order valence-corrected chi connectivity index (χ1v) is 7.01. The molecule has 0 bridgehead atoms. The fourth-order valence-electron chi connectivity index (χ4n) is 2.61. The van der Waals surface area contributed by atoms with Gasteiger partial charge in [0.15, 0.2) is 0 Å². The molecule has 1 aromatic rings. The van der Waals surface area contributed by atoms with Crippen molar-refractivity contribution in [3.63, 3.8) is 0 Å². The molecule has 0 saturated heterocycles. The molecular weight excluding hydrogens is 281 g/mol.